The maximum absolute atomic E-state index is 16.1. The summed E-state index contributed by atoms with van der Waals surface area (Å²) in [4.78, 5) is 4.11. The van der Waals surface area contributed by atoms with Gasteiger partial charge in [-0.2, -0.15) is 5.10 Å². The lowest BCUT2D eigenvalue weighted by molar-refractivity contribution is 0.234. The molecule has 4 aromatic heterocycles. The van der Waals surface area contributed by atoms with Gasteiger partial charge >= 0.3 is 0 Å². The lowest BCUT2D eigenvalue weighted by Gasteiger charge is -2.20. The van der Waals surface area contributed by atoms with Crippen LogP contribution in [-0.2, 0) is 12.7 Å². The highest BCUT2D eigenvalue weighted by Crippen LogP contribution is 2.35. The summed E-state index contributed by atoms with van der Waals surface area (Å²) in [5.41, 5.74) is -0.0452. The van der Waals surface area contributed by atoms with Crippen LogP contribution >= 0.6 is 0 Å². The van der Waals surface area contributed by atoms with Crippen molar-refractivity contribution in [2.75, 3.05) is 0 Å². The van der Waals surface area contributed by atoms with Crippen LogP contribution in [0.15, 0.2) is 55.1 Å². The number of halogens is 2. The smallest absolute Gasteiger partial charge is 0.197 e. The molecule has 30 heavy (non-hydrogen) atoms. The van der Waals surface area contributed by atoms with Gasteiger partial charge in [0.1, 0.15) is 5.75 Å². The Labute approximate surface area is 169 Å². The van der Waals surface area contributed by atoms with Gasteiger partial charge in [-0.05, 0) is 36.8 Å². The van der Waals surface area contributed by atoms with Gasteiger partial charge in [-0.3, -0.25) is 14.1 Å². The molecule has 7 nitrogen and oxygen atoms in total. The van der Waals surface area contributed by atoms with Crippen molar-refractivity contribution in [1.82, 2.24) is 29.4 Å². The minimum Gasteiger partial charge on any atom is -0.506 e. The Morgan fingerprint density at radius 3 is 2.63 bits per heavy atom. The van der Waals surface area contributed by atoms with E-state index in [1.165, 1.54) is 29.7 Å². The van der Waals surface area contributed by atoms with Crippen molar-refractivity contribution in [2.45, 2.75) is 12.6 Å². The lowest BCUT2D eigenvalue weighted by atomic mass is 9.95. The number of nitrogens with zero attached hydrogens (tertiary/aromatic N) is 6. The van der Waals surface area contributed by atoms with Gasteiger partial charge in [-0.1, -0.05) is 6.07 Å². The lowest BCUT2D eigenvalue weighted by Crippen LogP contribution is -2.21. The van der Waals surface area contributed by atoms with Gasteiger partial charge in [0.2, 0.25) is 0 Å². The van der Waals surface area contributed by atoms with E-state index in [0.717, 1.165) is 0 Å². The molecule has 5 aromatic rings. The molecular weight excluding hydrogens is 390 g/mol. The Morgan fingerprint density at radius 2 is 1.87 bits per heavy atom. The molecule has 0 fully saturated rings. The second-order valence-corrected chi connectivity index (χ2v) is 7.30. The third kappa shape index (κ3) is 2.78. The molecule has 0 aliphatic carbocycles. The van der Waals surface area contributed by atoms with Gasteiger partial charge in [0.05, 0.1) is 17.9 Å². The molecule has 1 atom stereocenters. The Bertz CT molecular complexity index is 1420. The Balaban J connectivity index is 1.68. The van der Waals surface area contributed by atoms with Crippen LogP contribution in [-0.4, -0.2) is 34.5 Å². The molecule has 9 heteroatoms. The Hall–Kier alpha value is -3.88. The van der Waals surface area contributed by atoms with Gasteiger partial charge < -0.3 is 5.11 Å². The van der Waals surface area contributed by atoms with Crippen LogP contribution in [0, 0.1) is 5.82 Å². The largest absolute Gasteiger partial charge is 0.506 e. The first-order chi connectivity index (χ1) is 14.3. The zero-order valence-corrected chi connectivity index (χ0v) is 16.1. The van der Waals surface area contributed by atoms with Crippen LogP contribution in [0.3, 0.4) is 0 Å². The van der Waals surface area contributed by atoms with Crippen molar-refractivity contribution in [3.63, 3.8) is 0 Å². The predicted molar refractivity (Wildman–Crippen MR) is 106 cm³/mol. The topological polar surface area (TPSA) is 81.1 Å². The van der Waals surface area contributed by atoms with E-state index >= 15 is 4.39 Å². The molecule has 0 spiro atoms. The number of aryl methyl sites for hydroxylation is 1. The van der Waals surface area contributed by atoms with Crippen molar-refractivity contribution in [3.8, 4) is 16.9 Å². The molecule has 0 bridgehead atoms. The third-order valence-corrected chi connectivity index (χ3v) is 5.13. The normalized spacial score (nSPS) is 13.7. The van der Waals surface area contributed by atoms with Gasteiger partial charge in [0, 0.05) is 36.0 Å². The number of fused-ring (bicyclic) bond motifs is 2. The summed E-state index contributed by atoms with van der Waals surface area (Å²) in [5, 5.41) is 22.2. The first-order valence-corrected chi connectivity index (χ1v) is 9.15. The summed E-state index contributed by atoms with van der Waals surface area (Å²) >= 11 is 0. The number of benzene rings is 1. The highest BCUT2D eigenvalue weighted by atomic mass is 19.1. The molecule has 0 aliphatic heterocycles. The average molecular weight is 406 g/mol. The fourth-order valence-electron chi connectivity index (χ4n) is 3.54. The number of aromatic nitrogens is 6. The molecule has 0 radical (unpaired) electrons. The van der Waals surface area contributed by atoms with Gasteiger partial charge in [0.15, 0.2) is 23.0 Å². The monoisotopic (exact) mass is 406 g/mol. The number of aromatic hydroxyl groups is 1. The molecule has 0 aliphatic rings. The molecule has 1 N–H and O–H groups in total. The first-order valence-electron chi connectivity index (χ1n) is 9.15. The number of alkyl halides is 1. The summed E-state index contributed by atoms with van der Waals surface area (Å²) in [6, 6.07) is 7.67. The van der Waals surface area contributed by atoms with Crippen LogP contribution in [0.25, 0.3) is 27.7 Å². The Morgan fingerprint density at radius 1 is 1.03 bits per heavy atom. The van der Waals surface area contributed by atoms with Crippen molar-refractivity contribution >= 4 is 16.6 Å². The summed E-state index contributed by atoms with van der Waals surface area (Å²) in [7, 11) is 1.76. The fraction of sp³-hybridized carbons (Fsp3) is 0.143. The van der Waals surface area contributed by atoms with Crippen molar-refractivity contribution < 1.29 is 13.9 Å². The number of pyridine rings is 2. The summed E-state index contributed by atoms with van der Waals surface area (Å²) in [6.45, 7) is 1.34. The molecule has 0 amide bonds. The van der Waals surface area contributed by atoms with Crippen molar-refractivity contribution in [2.24, 2.45) is 7.05 Å². The predicted octanol–water partition coefficient (Wildman–Crippen LogP) is 3.76. The molecule has 4 heterocycles. The van der Waals surface area contributed by atoms with E-state index in [4.69, 9.17) is 0 Å². The van der Waals surface area contributed by atoms with Crippen LogP contribution in [0.1, 0.15) is 18.3 Å². The van der Waals surface area contributed by atoms with Gasteiger partial charge in [0.25, 0.3) is 0 Å². The number of hydrogen-bond acceptors (Lipinski definition) is 5. The van der Waals surface area contributed by atoms with Gasteiger partial charge in [-0.25, -0.2) is 8.78 Å². The molecular formula is C21H16F2N6O. The van der Waals surface area contributed by atoms with E-state index in [1.54, 1.807) is 48.5 Å². The SMILES string of the molecule is Cn1cc(-c2cc(F)c3nnc(C(C)(F)c4ccc5ncc(O)cc5c4)n3c2)cn1. The van der Waals surface area contributed by atoms with Crippen LogP contribution in [0.5, 0.6) is 5.75 Å². The number of rotatable bonds is 3. The molecule has 0 saturated carbocycles. The van der Waals surface area contributed by atoms with Crippen molar-refractivity contribution in [1.29, 1.82) is 0 Å². The fourth-order valence-corrected chi connectivity index (χ4v) is 3.54. The first kappa shape index (κ1) is 18.2. The standard InChI is InChI=1S/C21H16F2N6O/c1-21(23,15-3-4-18-12(5-15)6-16(30)9-24-18)20-27-26-19-17(22)7-13(11-29(19)20)14-8-25-28(2)10-14/h3-11,30H,1-2H3. The van der Waals surface area contributed by atoms with E-state index < -0.39 is 11.5 Å². The van der Waals surface area contributed by atoms with Crippen molar-refractivity contribution in [3.05, 3.63) is 72.3 Å². The summed E-state index contributed by atoms with van der Waals surface area (Å²) < 4.78 is 33.7. The van der Waals surface area contributed by atoms with E-state index in [2.05, 4.69) is 20.3 Å². The van der Waals surface area contributed by atoms with E-state index in [0.29, 0.717) is 22.0 Å². The minimum absolute atomic E-state index is 0.0173. The van der Waals surface area contributed by atoms with Crippen LogP contribution in [0.2, 0.25) is 0 Å². The maximum Gasteiger partial charge on any atom is 0.197 e. The quantitative estimate of drug-likeness (QED) is 0.494. The highest BCUT2D eigenvalue weighted by Gasteiger charge is 2.35. The molecule has 1 unspecified atom stereocenters. The minimum atomic E-state index is -2.08. The number of hydrogen-bond donors (Lipinski definition) is 1. The zero-order chi connectivity index (χ0) is 21.0. The summed E-state index contributed by atoms with van der Waals surface area (Å²) in [6.07, 6.45) is 6.26. The van der Waals surface area contributed by atoms with Gasteiger partial charge in [-0.15, -0.1) is 10.2 Å². The summed E-state index contributed by atoms with van der Waals surface area (Å²) in [5.74, 6) is -0.690. The second kappa shape index (κ2) is 6.31. The second-order valence-electron chi connectivity index (χ2n) is 7.30. The zero-order valence-electron chi connectivity index (χ0n) is 16.1. The molecule has 5 rings (SSSR count). The van der Waals surface area contributed by atoms with Crippen LogP contribution < -0.4 is 0 Å². The third-order valence-electron chi connectivity index (χ3n) is 5.13. The molecule has 0 saturated heterocycles. The highest BCUT2D eigenvalue weighted by molar-refractivity contribution is 5.80. The molecule has 150 valence electrons. The van der Waals surface area contributed by atoms with E-state index in [9.17, 15) is 9.50 Å². The Kier molecular flexibility index (Phi) is 3.82. The maximum atomic E-state index is 16.1. The van der Waals surface area contributed by atoms with E-state index in [1.807, 2.05) is 0 Å². The van der Waals surface area contributed by atoms with Crippen LogP contribution in [0.4, 0.5) is 8.78 Å². The molecule has 1 aromatic carbocycles. The average Bonchev–Trinajstić information content (AvgIpc) is 3.34. The van der Waals surface area contributed by atoms with E-state index in [-0.39, 0.29) is 22.8 Å².